The minimum Gasteiger partial charge on any atom is -0.228 e. The molecule has 106 valence electrons. The van der Waals surface area contributed by atoms with Crippen LogP contribution in [0.2, 0.25) is 0 Å². The van der Waals surface area contributed by atoms with Crippen LogP contribution in [0.3, 0.4) is 0 Å². The zero-order chi connectivity index (χ0) is 14.8. The minimum atomic E-state index is -3.38. The van der Waals surface area contributed by atoms with Gasteiger partial charge < -0.3 is 0 Å². The molecule has 0 aromatic heterocycles. The third kappa shape index (κ3) is 3.90. The zero-order valence-electron chi connectivity index (χ0n) is 11.6. The number of benzene rings is 2. The van der Waals surface area contributed by atoms with Gasteiger partial charge in [0, 0.05) is 5.56 Å². The van der Waals surface area contributed by atoms with E-state index in [0.29, 0.717) is 0 Å². The van der Waals surface area contributed by atoms with Crippen molar-refractivity contribution in [2.75, 3.05) is 0 Å². The summed E-state index contributed by atoms with van der Waals surface area (Å²) in [5, 5.41) is 0. The van der Waals surface area contributed by atoms with Crippen LogP contribution in [-0.2, 0) is 21.3 Å². The average Bonchev–Trinajstić information content (AvgIpc) is 2.29. The van der Waals surface area contributed by atoms with Crippen molar-refractivity contribution in [3.05, 3.63) is 70.5 Å². The smallest absolute Gasteiger partial charge is 0.158 e. The molecule has 0 saturated carbocycles. The Morgan fingerprint density at radius 3 is 2.15 bits per heavy atom. The Morgan fingerprint density at radius 1 is 0.950 bits per heavy atom. The van der Waals surface area contributed by atoms with Crippen molar-refractivity contribution in [1.29, 1.82) is 0 Å². The lowest BCUT2D eigenvalue weighted by molar-refractivity contribution is 0.586. The molecule has 0 radical (unpaired) electrons. The van der Waals surface area contributed by atoms with Crippen LogP contribution in [0.15, 0.2) is 42.5 Å². The van der Waals surface area contributed by atoms with E-state index >= 15 is 0 Å². The number of sulfone groups is 1. The van der Waals surface area contributed by atoms with Crippen molar-refractivity contribution in [2.45, 2.75) is 25.4 Å². The number of halogens is 1. The molecule has 0 unspecified atom stereocenters. The molecule has 0 aliphatic heterocycles. The van der Waals surface area contributed by atoms with E-state index in [-0.39, 0.29) is 17.1 Å². The average molecular weight is 292 g/mol. The second-order valence-electron chi connectivity index (χ2n) is 5.12. The third-order valence-corrected chi connectivity index (χ3v) is 4.53. The van der Waals surface area contributed by atoms with Gasteiger partial charge in [-0.2, -0.15) is 0 Å². The third-order valence-electron chi connectivity index (χ3n) is 3.00. The second kappa shape index (κ2) is 5.75. The maximum Gasteiger partial charge on any atom is 0.158 e. The van der Waals surface area contributed by atoms with Gasteiger partial charge in [-0.25, -0.2) is 12.8 Å². The van der Waals surface area contributed by atoms with E-state index in [9.17, 15) is 12.8 Å². The minimum absolute atomic E-state index is 0.0656. The Labute approximate surface area is 119 Å². The quantitative estimate of drug-likeness (QED) is 0.863. The Bertz CT molecular complexity index is 701. The van der Waals surface area contributed by atoms with E-state index in [0.717, 1.165) is 16.7 Å². The fourth-order valence-corrected chi connectivity index (χ4v) is 3.79. The summed E-state index contributed by atoms with van der Waals surface area (Å²) < 4.78 is 37.9. The fourth-order valence-electron chi connectivity index (χ4n) is 2.31. The van der Waals surface area contributed by atoms with Gasteiger partial charge in [-0.1, -0.05) is 47.5 Å². The van der Waals surface area contributed by atoms with Crippen LogP contribution < -0.4 is 0 Å². The summed E-state index contributed by atoms with van der Waals surface area (Å²) in [5.74, 6) is -0.812. The van der Waals surface area contributed by atoms with Crippen molar-refractivity contribution in [1.82, 2.24) is 0 Å². The predicted molar refractivity (Wildman–Crippen MR) is 78.6 cm³/mol. The van der Waals surface area contributed by atoms with Gasteiger partial charge in [0.2, 0.25) is 0 Å². The topological polar surface area (TPSA) is 34.1 Å². The molecule has 2 aromatic rings. The maximum absolute atomic E-state index is 13.5. The van der Waals surface area contributed by atoms with Crippen LogP contribution in [-0.4, -0.2) is 8.42 Å². The first-order valence-electron chi connectivity index (χ1n) is 6.37. The van der Waals surface area contributed by atoms with Gasteiger partial charge in [-0.15, -0.1) is 0 Å². The van der Waals surface area contributed by atoms with Gasteiger partial charge in [0.15, 0.2) is 9.84 Å². The number of hydrogen-bond acceptors (Lipinski definition) is 2. The lowest BCUT2D eigenvalue weighted by Gasteiger charge is -2.07. The molecule has 0 aliphatic carbocycles. The highest BCUT2D eigenvalue weighted by molar-refractivity contribution is 7.89. The first kappa shape index (κ1) is 14.7. The Balaban J connectivity index is 2.21. The highest BCUT2D eigenvalue weighted by Gasteiger charge is 2.15. The van der Waals surface area contributed by atoms with Crippen LogP contribution in [0.1, 0.15) is 22.3 Å². The van der Waals surface area contributed by atoms with E-state index in [4.69, 9.17) is 0 Å². The summed E-state index contributed by atoms with van der Waals surface area (Å²) in [6, 6.07) is 11.7. The van der Waals surface area contributed by atoms with Crippen LogP contribution in [0.5, 0.6) is 0 Å². The number of hydrogen-bond donors (Lipinski definition) is 0. The SMILES string of the molecule is Cc1cc(C)cc(CS(=O)(=O)Cc2ccccc2F)c1. The molecule has 0 N–H and O–H groups in total. The second-order valence-corrected chi connectivity index (χ2v) is 7.18. The molecule has 0 heterocycles. The van der Waals surface area contributed by atoms with Crippen molar-refractivity contribution >= 4 is 9.84 Å². The molecular formula is C16H17FO2S. The van der Waals surface area contributed by atoms with Gasteiger partial charge in [0.25, 0.3) is 0 Å². The van der Waals surface area contributed by atoms with Gasteiger partial charge in [0.1, 0.15) is 5.82 Å². The molecular weight excluding hydrogens is 275 g/mol. The Kier molecular flexibility index (Phi) is 4.23. The van der Waals surface area contributed by atoms with Crippen LogP contribution in [0.4, 0.5) is 4.39 Å². The predicted octanol–water partition coefficient (Wildman–Crippen LogP) is 3.56. The summed E-state index contributed by atoms with van der Waals surface area (Å²) in [6.07, 6.45) is 0. The fraction of sp³-hybridized carbons (Fsp3) is 0.250. The van der Waals surface area contributed by atoms with E-state index in [1.54, 1.807) is 12.1 Å². The summed E-state index contributed by atoms with van der Waals surface area (Å²) >= 11 is 0. The lowest BCUT2D eigenvalue weighted by Crippen LogP contribution is -2.09. The van der Waals surface area contributed by atoms with Gasteiger partial charge in [-0.3, -0.25) is 0 Å². The van der Waals surface area contributed by atoms with Gasteiger partial charge in [0.05, 0.1) is 11.5 Å². The van der Waals surface area contributed by atoms with E-state index < -0.39 is 15.7 Å². The molecule has 0 spiro atoms. The summed E-state index contributed by atoms with van der Waals surface area (Å²) in [4.78, 5) is 0. The maximum atomic E-state index is 13.5. The van der Waals surface area contributed by atoms with Gasteiger partial charge >= 0.3 is 0 Å². The van der Waals surface area contributed by atoms with E-state index in [1.807, 2.05) is 32.0 Å². The Morgan fingerprint density at radius 2 is 1.55 bits per heavy atom. The van der Waals surface area contributed by atoms with Crippen LogP contribution in [0, 0.1) is 19.7 Å². The largest absolute Gasteiger partial charge is 0.228 e. The van der Waals surface area contributed by atoms with Crippen LogP contribution >= 0.6 is 0 Å². The zero-order valence-corrected chi connectivity index (χ0v) is 12.4. The molecule has 2 aromatic carbocycles. The van der Waals surface area contributed by atoms with Crippen LogP contribution in [0.25, 0.3) is 0 Å². The molecule has 20 heavy (non-hydrogen) atoms. The van der Waals surface area contributed by atoms with Gasteiger partial charge in [-0.05, 0) is 25.5 Å². The first-order valence-corrected chi connectivity index (χ1v) is 8.19. The van der Waals surface area contributed by atoms with Crippen molar-refractivity contribution in [2.24, 2.45) is 0 Å². The standard InChI is InChI=1S/C16H17FO2S/c1-12-7-13(2)9-14(8-12)10-20(18,19)11-15-5-3-4-6-16(15)17/h3-9H,10-11H2,1-2H3. The monoisotopic (exact) mass is 292 g/mol. The Hall–Kier alpha value is -1.68. The molecule has 2 nitrogen and oxygen atoms in total. The highest BCUT2D eigenvalue weighted by atomic mass is 32.2. The van der Waals surface area contributed by atoms with Crippen molar-refractivity contribution < 1.29 is 12.8 Å². The molecule has 0 bridgehead atoms. The summed E-state index contributed by atoms with van der Waals surface area (Å²) in [7, 11) is -3.38. The molecule has 0 fully saturated rings. The normalized spacial score (nSPS) is 11.6. The number of aryl methyl sites for hydroxylation is 2. The lowest BCUT2D eigenvalue weighted by atomic mass is 10.1. The molecule has 0 amide bonds. The molecule has 0 saturated heterocycles. The number of rotatable bonds is 4. The highest BCUT2D eigenvalue weighted by Crippen LogP contribution is 2.17. The van der Waals surface area contributed by atoms with E-state index in [2.05, 4.69) is 0 Å². The molecule has 4 heteroatoms. The van der Waals surface area contributed by atoms with Crippen molar-refractivity contribution in [3.8, 4) is 0 Å². The van der Waals surface area contributed by atoms with Crippen molar-refractivity contribution in [3.63, 3.8) is 0 Å². The molecule has 0 atom stereocenters. The first-order chi connectivity index (χ1) is 9.35. The summed E-state index contributed by atoms with van der Waals surface area (Å²) in [5.41, 5.74) is 3.03. The van der Waals surface area contributed by atoms with E-state index in [1.165, 1.54) is 12.1 Å². The molecule has 0 aliphatic rings. The summed E-state index contributed by atoms with van der Waals surface area (Å²) in [6.45, 7) is 3.86. The molecule has 2 rings (SSSR count).